The first-order valence-electron chi connectivity index (χ1n) is 8.52. The van der Waals surface area contributed by atoms with E-state index in [0.29, 0.717) is 0 Å². The lowest BCUT2D eigenvalue weighted by Crippen LogP contribution is -2.03. The smallest absolute Gasteiger partial charge is 0.0143 e. The normalized spacial score (nSPS) is 14.0. The second-order valence-electron chi connectivity index (χ2n) is 6.16. The van der Waals surface area contributed by atoms with Crippen LogP contribution >= 0.6 is 0 Å². The van der Waals surface area contributed by atoms with Crippen LogP contribution in [-0.4, -0.2) is 0 Å². The van der Waals surface area contributed by atoms with E-state index in [1.807, 2.05) is 0 Å². The fourth-order valence-corrected chi connectivity index (χ4v) is 3.43. The van der Waals surface area contributed by atoms with Gasteiger partial charge in [0, 0.05) is 0 Å². The van der Waals surface area contributed by atoms with Gasteiger partial charge in [-0.3, -0.25) is 0 Å². The Morgan fingerprint density at radius 2 is 1.25 bits per heavy atom. The molecule has 0 bridgehead atoms. The zero-order valence-electron chi connectivity index (χ0n) is 13.7. The largest absolute Gasteiger partial charge is 0.0622 e. The highest BCUT2D eigenvalue weighted by Gasteiger charge is 2.17. The lowest BCUT2D eigenvalue weighted by atomic mass is 9.82. The van der Waals surface area contributed by atoms with Gasteiger partial charge in [0.05, 0.1) is 0 Å². The zero-order valence-corrected chi connectivity index (χ0v) is 13.7. The van der Waals surface area contributed by atoms with E-state index < -0.39 is 0 Å². The third-order valence-electron chi connectivity index (χ3n) is 4.64. The van der Waals surface area contributed by atoms with E-state index in [2.05, 4.69) is 97.1 Å². The van der Waals surface area contributed by atoms with E-state index in [1.54, 1.807) is 0 Å². The number of hydrogen-bond acceptors (Lipinski definition) is 0. The summed E-state index contributed by atoms with van der Waals surface area (Å²) in [5.41, 5.74) is 8.19. The maximum absolute atomic E-state index is 2.29. The Hall–Kier alpha value is -2.86. The first-order valence-corrected chi connectivity index (χ1v) is 8.52. The molecule has 0 fully saturated rings. The first kappa shape index (κ1) is 14.7. The lowest BCUT2D eigenvalue weighted by molar-refractivity contribution is 0.995. The minimum Gasteiger partial charge on any atom is -0.0622 e. The van der Waals surface area contributed by atoms with Crippen molar-refractivity contribution in [3.05, 3.63) is 113 Å². The molecule has 0 N–H and O–H groups in total. The zero-order chi connectivity index (χ0) is 16.2. The molecule has 1 aliphatic carbocycles. The number of aryl methyl sites for hydroxylation is 1. The van der Waals surface area contributed by atoms with Gasteiger partial charge >= 0.3 is 0 Å². The topological polar surface area (TPSA) is 0 Å². The molecule has 0 spiro atoms. The molecule has 1 aliphatic rings. The van der Waals surface area contributed by atoms with Crippen LogP contribution in [0.1, 0.15) is 28.7 Å². The van der Waals surface area contributed by atoms with Crippen LogP contribution in [0.4, 0.5) is 0 Å². The maximum atomic E-state index is 2.29. The van der Waals surface area contributed by atoms with Crippen molar-refractivity contribution < 1.29 is 0 Å². The van der Waals surface area contributed by atoms with Gasteiger partial charge in [-0.1, -0.05) is 97.1 Å². The van der Waals surface area contributed by atoms with Gasteiger partial charge in [-0.25, -0.2) is 0 Å². The monoisotopic (exact) mass is 308 g/mol. The quantitative estimate of drug-likeness (QED) is 0.536. The van der Waals surface area contributed by atoms with E-state index in [0.717, 1.165) is 12.8 Å². The highest BCUT2D eigenvalue weighted by Crippen LogP contribution is 2.37. The highest BCUT2D eigenvalue weighted by molar-refractivity contribution is 5.99. The number of hydrogen-bond donors (Lipinski definition) is 0. The average molecular weight is 308 g/mol. The van der Waals surface area contributed by atoms with E-state index >= 15 is 0 Å². The Balaban J connectivity index is 1.85. The molecule has 0 unspecified atom stereocenters. The van der Waals surface area contributed by atoms with E-state index in [-0.39, 0.29) is 0 Å². The second-order valence-corrected chi connectivity index (χ2v) is 6.16. The van der Waals surface area contributed by atoms with Crippen LogP contribution in [0.5, 0.6) is 0 Å². The van der Waals surface area contributed by atoms with Crippen molar-refractivity contribution in [2.45, 2.75) is 12.8 Å². The van der Waals surface area contributed by atoms with Crippen LogP contribution in [0.25, 0.3) is 17.2 Å². The summed E-state index contributed by atoms with van der Waals surface area (Å²) < 4.78 is 0. The Bertz CT molecular complexity index is 884. The summed E-state index contributed by atoms with van der Waals surface area (Å²) >= 11 is 0. The Labute approximate surface area is 143 Å². The van der Waals surface area contributed by atoms with Crippen LogP contribution in [0, 0.1) is 0 Å². The molecule has 0 nitrogen and oxygen atoms in total. The Morgan fingerprint density at radius 1 is 0.583 bits per heavy atom. The van der Waals surface area contributed by atoms with Gasteiger partial charge < -0.3 is 0 Å². The molecule has 0 amide bonds. The number of benzene rings is 3. The molecular weight excluding hydrogens is 288 g/mol. The lowest BCUT2D eigenvalue weighted by Gasteiger charge is -2.22. The molecule has 4 rings (SSSR count). The van der Waals surface area contributed by atoms with Gasteiger partial charge in [0.15, 0.2) is 0 Å². The van der Waals surface area contributed by atoms with E-state index in [9.17, 15) is 0 Å². The second kappa shape index (κ2) is 6.72. The predicted molar refractivity (Wildman–Crippen MR) is 103 cm³/mol. The van der Waals surface area contributed by atoms with Gasteiger partial charge in [-0.15, -0.1) is 0 Å². The van der Waals surface area contributed by atoms with E-state index in [4.69, 9.17) is 0 Å². The first-order chi connectivity index (χ1) is 11.9. The maximum Gasteiger partial charge on any atom is -0.0143 e. The van der Waals surface area contributed by atoms with Crippen LogP contribution in [-0.2, 0) is 6.42 Å². The van der Waals surface area contributed by atoms with E-state index in [1.165, 1.54) is 33.4 Å². The molecule has 0 aromatic heterocycles. The van der Waals surface area contributed by atoms with Gasteiger partial charge in [-0.05, 0) is 46.2 Å². The SMILES string of the molecule is C(=C\c1ccccc1)/C1=C(c2ccccc2)CCc2ccccc21. The fourth-order valence-electron chi connectivity index (χ4n) is 3.43. The molecule has 0 atom stereocenters. The van der Waals surface area contributed by atoms with Gasteiger partial charge in [-0.2, -0.15) is 0 Å². The molecule has 0 aliphatic heterocycles. The molecule has 24 heavy (non-hydrogen) atoms. The molecule has 3 aromatic carbocycles. The van der Waals surface area contributed by atoms with Crippen LogP contribution in [0.2, 0.25) is 0 Å². The van der Waals surface area contributed by atoms with Crippen molar-refractivity contribution in [1.29, 1.82) is 0 Å². The van der Waals surface area contributed by atoms with Crippen LogP contribution in [0.3, 0.4) is 0 Å². The van der Waals surface area contributed by atoms with Crippen molar-refractivity contribution in [2.24, 2.45) is 0 Å². The molecule has 0 saturated carbocycles. The summed E-state index contributed by atoms with van der Waals surface area (Å²) in [6.07, 6.45) is 6.72. The third kappa shape index (κ3) is 2.96. The van der Waals surface area contributed by atoms with Crippen molar-refractivity contribution in [2.75, 3.05) is 0 Å². The summed E-state index contributed by atoms with van der Waals surface area (Å²) in [5.74, 6) is 0. The minimum absolute atomic E-state index is 1.09. The molecular formula is C24H20. The van der Waals surface area contributed by atoms with Crippen LogP contribution < -0.4 is 0 Å². The summed E-state index contributed by atoms with van der Waals surface area (Å²) in [5, 5.41) is 0. The molecule has 0 radical (unpaired) electrons. The number of allylic oxidation sites excluding steroid dienone is 3. The molecule has 0 heteroatoms. The van der Waals surface area contributed by atoms with Gasteiger partial charge in [0.2, 0.25) is 0 Å². The summed E-state index contributed by atoms with van der Waals surface area (Å²) in [6.45, 7) is 0. The number of fused-ring (bicyclic) bond motifs is 1. The van der Waals surface area contributed by atoms with Crippen molar-refractivity contribution in [3.63, 3.8) is 0 Å². The van der Waals surface area contributed by atoms with Gasteiger partial charge in [0.25, 0.3) is 0 Å². The molecule has 0 saturated heterocycles. The van der Waals surface area contributed by atoms with Crippen molar-refractivity contribution in [3.8, 4) is 0 Å². The summed E-state index contributed by atoms with van der Waals surface area (Å²) in [7, 11) is 0. The van der Waals surface area contributed by atoms with Gasteiger partial charge in [0.1, 0.15) is 0 Å². The highest BCUT2D eigenvalue weighted by atomic mass is 14.2. The Kier molecular flexibility index (Phi) is 4.12. The third-order valence-corrected chi connectivity index (χ3v) is 4.64. The van der Waals surface area contributed by atoms with Crippen LogP contribution in [0.15, 0.2) is 91.0 Å². The molecule has 3 aromatic rings. The van der Waals surface area contributed by atoms with Crippen molar-refractivity contribution in [1.82, 2.24) is 0 Å². The molecule has 116 valence electrons. The van der Waals surface area contributed by atoms with Crippen molar-refractivity contribution >= 4 is 17.2 Å². The summed E-state index contributed by atoms with van der Waals surface area (Å²) in [4.78, 5) is 0. The molecule has 0 heterocycles. The minimum atomic E-state index is 1.09. The predicted octanol–water partition coefficient (Wildman–Crippen LogP) is 6.26. The number of rotatable bonds is 3. The standard InChI is InChI=1S/C24H20/c1-3-9-19(10-4-1)15-17-24-22-14-8-7-13-21(22)16-18-23(24)20-11-5-2-6-12-20/h1-15,17H,16,18H2/b17-15+. The average Bonchev–Trinajstić information content (AvgIpc) is 2.67. The Morgan fingerprint density at radius 3 is 2.04 bits per heavy atom. The fraction of sp³-hybridized carbons (Fsp3) is 0.0833. The summed E-state index contributed by atoms with van der Waals surface area (Å²) in [6, 6.07) is 30.1.